The second-order valence-electron chi connectivity index (χ2n) is 6.16. The largest absolute Gasteiger partial charge is 0.350 e. The third-order valence-corrected chi connectivity index (χ3v) is 5.84. The maximum Gasteiger partial charge on any atom is 0.219 e. The van der Waals surface area contributed by atoms with E-state index in [4.69, 9.17) is 0 Å². The van der Waals surface area contributed by atoms with E-state index in [0.29, 0.717) is 12.1 Å². The number of hydrogen-bond donors (Lipinski definition) is 0. The van der Waals surface area contributed by atoms with Gasteiger partial charge in [0.05, 0.1) is 22.3 Å². The maximum atomic E-state index is 11.9. The zero-order valence-electron chi connectivity index (χ0n) is 12.7. The van der Waals surface area contributed by atoms with Crippen LogP contribution < -0.4 is 4.90 Å². The van der Waals surface area contributed by atoms with Gasteiger partial charge < -0.3 is 9.80 Å². The molecule has 0 saturated carbocycles. The Morgan fingerprint density at radius 1 is 1.23 bits per heavy atom. The molecule has 2 aromatic rings. The van der Waals surface area contributed by atoms with Gasteiger partial charge in [-0.15, -0.1) is 11.3 Å². The van der Waals surface area contributed by atoms with E-state index in [0.717, 1.165) is 43.7 Å². The van der Waals surface area contributed by atoms with E-state index in [1.165, 1.54) is 11.1 Å². The average Bonchev–Trinajstić information content (AvgIpc) is 3.25. The van der Waals surface area contributed by atoms with Gasteiger partial charge in [-0.2, -0.15) is 0 Å². The summed E-state index contributed by atoms with van der Waals surface area (Å²) in [7, 11) is 0. The molecule has 2 unspecified atom stereocenters. The topological polar surface area (TPSA) is 49.3 Å². The Kier molecular flexibility index (Phi) is 3.48. The number of carbonyl (C=O) groups excluding carboxylic acids is 1. The van der Waals surface area contributed by atoms with Crippen LogP contribution in [0.3, 0.4) is 0 Å². The number of rotatable bonds is 2. The summed E-state index contributed by atoms with van der Waals surface area (Å²) < 4.78 is 1.17. The van der Waals surface area contributed by atoms with Crippen LogP contribution >= 0.6 is 11.3 Å². The van der Waals surface area contributed by atoms with Crippen molar-refractivity contribution in [2.24, 2.45) is 0 Å². The van der Waals surface area contributed by atoms with Crippen molar-refractivity contribution in [1.82, 2.24) is 14.9 Å². The van der Waals surface area contributed by atoms with Crippen LogP contribution in [0, 0.1) is 0 Å². The van der Waals surface area contributed by atoms with Crippen molar-refractivity contribution < 1.29 is 4.79 Å². The lowest BCUT2D eigenvalue weighted by molar-refractivity contribution is -0.129. The van der Waals surface area contributed by atoms with Crippen LogP contribution in [0.5, 0.6) is 0 Å². The lowest BCUT2D eigenvalue weighted by Crippen LogP contribution is -2.48. The van der Waals surface area contributed by atoms with E-state index in [9.17, 15) is 4.79 Å². The van der Waals surface area contributed by atoms with E-state index >= 15 is 0 Å². The van der Waals surface area contributed by atoms with Crippen LogP contribution in [-0.4, -0.2) is 45.9 Å². The second-order valence-corrected chi connectivity index (χ2v) is 7.07. The molecule has 116 valence electrons. The van der Waals surface area contributed by atoms with Gasteiger partial charge in [-0.05, 0) is 37.1 Å². The molecular weight excluding hydrogens is 296 g/mol. The first-order valence-electron chi connectivity index (χ1n) is 7.98. The predicted octanol–water partition coefficient (Wildman–Crippen LogP) is 2.67. The van der Waals surface area contributed by atoms with Crippen molar-refractivity contribution in [2.45, 2.75) is 44.7 Å². The van der Waals surface area contributed by atoms with Gasteiger partial charge in [0.2, 0.25) is 5.91 Å². The minimum absolute atomic E-state index is 0.207. The van der Waals surface area contributed by atoms with E-state index in [1.54, 1.807) is 24.6 Å². The highest BCUT2D eigenvalue weighted by atomic mass is 32.1. The smallest absolute Gasteiger partial charge is 0.219 e. The van der Waals surface area contributed by atoms with Gasteiger partial charge in [0, 0.05) is 20.0 Å². The first kappa shape index (κ1) is 13.9. The summed E-state index contributed by atoms with van der Waals surface area (Å²) >= 11 is 1.71. The molecule has 0 aliphatic carbocycles. The lowest BCUT2D eigenvalue weighted by atomic mass is 10.0. The summed E-state index contributed by atoms with van der Waals surface area (Å²) in [4.78, 5) is 25.3. The number of aromatic nitrogens is 2. The Hall–Kier alpha value is -1.69. The molecule has 0 aromatic carbocycles. The molecule has 0 N–H and O–H groups in total. The lowest BCUT2D eigenvalue weighted by Gasteiger charge is -2.35. The van der Waals surface area contributed by atoms with Crippen LogP contribution in [0.2, 0.25) is 0 Å². The normalized spacial score (nSPS) is 25.3. The maximum absolute atomic E-state index is 11.9. The molecule has 2 fully saturated rings. The average molecular weight is 316 g/mol. The molecule has 0 bridgehead atoms. The van der Waals surface area contributed by atoms with Crippen molar-refractivity contribution in [3.63, 3.8) is 0 Å². The van der Waals surface area contributed by atoms with Gasteiger partial charge in [0.1, 0.15) is 12.1 Å². The Morgan fingerprint density at radius 2 is 2.05 bits per heavy atom. The van der Waals surface area contributed by atoms with Crippen LogP contribution in [-0.2, 0) is 4.79 Å². The van der Waals surface area contributed by atoms with Gasteiger partial charge >= 0.3 is 0 Å². The van der Waals surface area contributed by atoms with Crippen LogP contribution in [0.1, 0.15) is 32.6 Å². The Labute approximate surface area is 134 Å². The van der Waals surface area contributed by atoms with Crippen molar-refractivity contribution in [2.75, 3.05) is 18.0 Å². The van der Waals surface area contributed by atoms with Gasteiger partial charge in [0.25, 0.3) is 0 Å². The van der Waals surface area contributed by atoms with Crippen LogP contribution in [0.15, 0.2) is 17.8 Å². The monoisotopic (exact) mass is 316 g/mol. The number of likely N-dealkylation sites (tertiary alicyclic amines) is 1. The third-order valence-electron chi connectivity index (χ3n) is 4.94. The summed E-state index contributed by atoms with van der Waals surface area (Å²) in [5, 5.41) is 2.07. The quantitative estimate of drug-likeness (QED) is 0.855. The summed E-state index contributed by atoms with van der Waals surface area (Å²) in [6.07, 6.45) is 6.21. The Bertz CT molecular complexity index is 700. The molecule has 0 radical (unpaired) electrons. The number of amides is 1. The van der Waals surface area contributed by atoms with E-state index in [-0.39, 0.29) is 5.91 Å². The molecule has 2 aliphatic rings. The van der Waals surface area contributed by atoms with E-state index in [1.807, 2.05) is 6.07 Å². The molecule has 4 rings (SSSR count). The molecule has 2 atom stereocenters. The zero-order chi connectivity index (χ0) is 15.1. The molecule has 2 aliphatic heterocycles. The van der Waals surface area contributed by atoms with Gasteiger partial charge in [-0.25, -0.2) is 9.97 Å². The number of hydrogen-bond acceptors (Lipinski definition) is 5. The van der Waals surface area contributed by atoms with Crippen LogP contribution in [0.25, 0.3) is 10.2 Å². The molecule has 4 heterocycles. The summed E-state index contributed by atoms with van der Waals surface area (Å²) in [6, 6.07) is 2.78. The number of nitrogens with zero attached hydrogens (tertiary/aromatic N) is 4. The molecule has 5 nitrogen and oxygen atoms in total. The minimum atomic E-state index is 0.207. The van der Waals surface area contributed by atoms with Crippen molar-refractivity contribution in [1.29, 1.82) is 0 Å². The van der Waals surface area contributed by atoms with Crippen LogP contribution in [0.4, 0.5) is 5.82 Å². The number of carbonyl (C=O) groups is 1. The molecule has 0 spiro atoms. The Balaban J connectivity index is 1.69. The third kappa shape index (κ3) is 2.17. The molecule has 2 saturated heterocycles. The minimum Gasteiger partial charge on any atom is -0.350 e. The molecule has 22 heavy (non-hydrogen) atoms. The zero-order valence-corrected chi connectivity index (χ0v) is 13.6. The van der Waals surface area contributed by atoms with Crippen molar-refractivity contribution in [3.05, 3.63) is 17.8 Å². The molecule has 1 amide bonds. The molecule has 2 aromatic heterocycles. The SMILES string of the molecule is CC(=O)N1CCCC1C1CCCN1c1ncnc2ccsc12. The Morgan fingerprint density at radius 3 is 2.91 bits per heavy atom. The number of fused-ring (bicyclic) bond motifs is 1. The summed E-state index contributed by atoms with van der Waals surface area (Å²) in [6.45, 7) is 3.62. The molecular formula is C16H20N4OS. The van der Waals surface area contributed by atoms with Gasteiger partial charge in [0.15, 0.2) is 0 Å². The first-order valence-corrected chi connectivity index (χ1v) is 8.86. The number of thiophene rings is 1. The predicted molar refractivity (Wildman–Crippen MR) is 88.2 cm³/mol. The highest BCUT2D eigenvalue weighted by Crippen LogP contribution is 2.36. The van der Waals surface area contributed by atoms with E-state index in [2.05, 4.69) is 25.1 Å². The fourth-order valence-electron chi connectivity index (χ4n) is 4.02. The van der Waals surface area contributed by atoms with Crippen molar-refractivity contribution >= 4 is 33.3 Å². The van der Waals surface area contributed by atoms with E-state index < -0.39 is 0 Å². The highest BCUT2D eigenvalue weighted by molar-refractivity contribution is 7.17. The second kappa shape index (κ2) is 5.50. The molecule has 6 heteroatoms. The number of anilines is 1. The summed E-state index contributed by atoms with van der Waals surface area (Å²) in [5.74, 6) is 1.26. The summed E-state index contributed by atoms with van der Waals surface area (Å²) in [5.41, 5.74) is 1.02. The standard InChI is InChI=1S/C16H20N4OS/c1-11(21)19-7-2-4-13(19)14-5-3-8-20(14)16-15-12(6-9-22-15)17-10-18-16/h6,9-10,13-14H,2-5,7-8H2,1H3. The fraction of sp³-hybridized carbons (Fsp3) is 0.562. The fourth-order valence-corrected chi connectivity index (χ4v) is 4.87. The highest BCUT2D eigenvalue weighted by Gasteiger charge is 2.39. The van der Waals surface area contributed by atoms with Gasteiger partial charge in [-0.1, -0.05) is 0 Å². The first-order chi connectivity index (χ1) is 10.8. The van der Waals surface area contributed by atoms with Crippen molar-refractivity contribution in [3.8, 4) is 0 Å². The van der Waals surface area contributed by atoms with Gasteiger partial charge in [-0.3, -0.25) is 4.79 Å².